The van der Waals surface area contributed by atoms with Crippen LogP contribution < -0.4 is 5.32 Å². The molecule has 0 atom stereocenters. The Morgan fingerprint density at radius 1 is 1.43 bits per heavy atom. The van der Waals surface area contributed by atoms with Gasteiger partial charge < -0.3 is 5.32 Å². The molecule has 0 aliphatic carbocycles. The van der Waals surface area contributed by atoms with Crippen LogP contribution in [-0.4, -0.2) is 17.3 Å². The van der Waals surface area contributed by atoms with E-state index in [0.29, 0.717) is 0 Å². The molecule has 0 unspecified atom stereocenters. The molecule has 1 aromatic heterocycles. The largest absolute Gasteiger partial charge is 0.370 e. The van der Waals surface area contributed by atoms with Crippen LogP contribution in [0.3, 0.4) is 0 Å². The van der Waals surface area contributed by atoms with Gasteiger partial charge in [0.25, 0.3) is 0 Å². The van der Waals surface area contributed by atoms with Gasteiger partial charge in [0.2, 0.25) is 0 Å². The van der Waals surface area contributed by atoms with Gasteiger partial charge in [-0.2, -0.15) is 11.8 Å². The average molecular weight is 231 g/mol. The van der Waals surface area contributed by atoms with E-state index in [2.05, 4.69) is 24.1 Å². The Balaban J connectivity index is 2.74. The fraction of sp³-hybridized carbons (Fsp3) is 0.500. The van der Waals surface area contributed by atoms with Crippen molar-refractivity contribution in [3.05, 3.63) is 22.8 Å². The number of aromatic nitrogens is 1. The lowest BCUT2D eigenvalue weighted by Gasteiger charge is -2.06. The highest BCUT2D eigenvalue weighted by Crippen LogP contribution is 2.21. The van der Waals surface area contributed by atoms with Gasteiger partial charge in [-0.15, -0.1) is 0 Å². The van der Waals surface area contributed by atoms with Gasteiger partial charge in [-0.1, -0.05) is 18.5 Å². The number of pyridine rings is 1. The van der Waals surface area contributed by atoms with Gasteiger partial charge in [0.15, 0.2) is 0 Å². The number of nitrogens with one attached hydrogen (secondary N) is 1. The molecule has 14 heavy (non-hydrogen) atoms. The lowest BCUT2D eigenvalue weighted by molar-refractivity contribution is 1.11. The van der Waals surface area contributed by atoms with E-state index >= 15 is 0 Å². The molecule has 78 valence electrons. The van der Waals surface area contributed by atoms with Gasteiger partial charge in [0, 0.05) is 12.3 Å². The third-order valence-electron chi connectivity index (χ3n) is 1.72. The molecule has 0 saturated carbocycles. The van der Waals surface area contributed by atoms with Crippen molar-refractivity contribution in [3.63, 3.8) is 0 Å². The number of thioether (sulfide) groups is 1. The van der Waals surface area contributed by atoms with Crippen molar-refractivity contribution < 1.29 is 0 Å². The second-order valence-corrected chi connectivity index (χ2v) is 4.47. The second-order valence-electron chi connectivity index (χ2n) is 2.79. The first-order valence-corrected chi connectivity index (χ1v) is 6.28. The van der Waals surface area contributed by atoms with Crippen LogP contribution in [0.5, 0.6) is 0 Å². The number of rotatable bonds is 5. The summed E-state index contributed by atoms with van der Waals surface area (Å²) in [4.78, 5) is 4.44. The predicted molar refractivity (Wildman–Crippen MR) is 65.2 cm³/mol. The number of nitrogens with zero attached hydrogens (tertiary/aromatic N) is 1. The van der Waals surface area contributed by atoms with Crippen LogP contribution in [0, 0.1) is 0 Å². The summed E-state index contributed by atoms with van der Waals surface area (Å²) >= 11 is 7.86. The Morgan fingerprint density at radius 2 is 2.21 bits per heavy atom. The lowest BCUT2D eigenvalue weighted by atomic mass is 10.3. The minimum atomic E-state index is 0.757. The molecule has 0 amide bonds. The standard InChI is InChI=1S/C10H15ClN2S/c1-3-12-10-6-5-8(11)9(13-10)7-14-4-2/h5-6H,3-4,7H2,1-2H3,(H,12,13). The van der Waals surface area contributed by atoms with Crippen LogP contribution in [0.1, 0.15) is 19.5 Å². The topological polar surface area (TPSA) is 24.9 Å². The van der Waals surface area contributed by atoms with Crippen LogP contribution in [-0.2, 0) is 5.75 Å². The molecular weight excluding hydrogens is 216 g/mol. The van der Waals surface area contributed by atoms with Crippen LogP contribution in [0.15, 0.2) is 12.1 Å². The molecule has 0 aliphatic heterocycles. The van der Waals surface area contributed by atoms with E-state index < -0.39 is 0 Å². The molecule has 0 saturated heterocycles. The summed E-state index contributed by atoms with van der Waals surface area (Å²) in [6.45, 7) is 5.07. The minimum Gasteiger partial charge on any atom is -0.370 e. The summed E-state index contributed by atoms with van der Waals surface area (Å²) in [6.07, 6.45) is 0. The van der Waals surface area contributed by atoms with E-state index in [1.54, 1.807) is 0 Å². The van der Waals surface area contributed by atoms with E-state index in [4.69, 9.17) is 11.6 Å². The number of anilines is 1. The van der Waals surface area contributed by atoms with Crippen molar-refractivity contribution in [2.75, 3.05) is 17.6 Å². The van der Waals surface area contributed by atoms with Crippen LogP contribution in [0.4, 0.5) is 5.82 Å². The predicted octanol–water partition coefficient (Wildman–Crippen LogP) is 3.42. The highest BCUT2D eigenvalue weighted by molar-refractivity contribution is 7.98. The molecule has 1 N–H and O–H groups in total. The molecule has 0 fully saturated rings. The van der Waals surface area contributed by atoms with Crippen LogP contribution in [0.2, 0.25) is 5.02 Å². The summed E-state index contributed by atoms with van der Waals surface area (Å²) in [7, 11) is 0. The summed E-state index contributed by atoms with van der Waals surface area (Å²) in [5.41, 5.74) is 0.969. The molecule has 2 nitrogen and oxygen atoms in total. The molecule has 1 heterocycles. The van der Waals surface area contributed by atoms with Gasteiger partial charge in [-0.05, 0) is 24.8 Å². The molecule has 0 aliphatic rings. The first kappa shape index (κ1) is 11.7. The maximum absolute atomic E-state index is 6.03. The highest BCUT2D eigenvalue weighted by atomic mass is 35.5. The Morgan fingerprint density at radius 3 is 2.86 bits per heavy atom. The highest BCUT2D eigenvalue weighted by Gasteiger charge is 2.02. The molecule has 0 spiro atoms. The van der Waals surface area contributed by atoms with E-state index in [9.17, 15) is 0 Å². The summed E-state index contributed by atoms with van der Waals surface area (Å²) in [6, 6.07) is 3.81. The maximum Gasteiger partial charge on any atom is 0.126 e. The van der Waals surface area contributed by atoms with Crippen LogP contribution in [0.25, 0.3) is 0 Å². The fourth-order valence-corrected chi connectivity index (χ4v) is 1.93. The van der Waals surface area contributed by atoms with E-state index in [1.807, 2.05) is 23.9 Å². The molecule has 0 bridgehead atoms. The lowest BCUT2D eigenvalue weighted by Crippen LogP contribution is -2.01. The zero-order chi connectivity index (χ0) is 10.4. The van der Waals surface area contributed by atoms with Crippen molar-refractivity contribution in [2.24, 2.45) is 0 Å². The van der Waals surface area contributed by atoms with Crippen LogP contribution >= 0.6 is 23.4 Å². The quantitative estimate of drug-likeness (QED) is 0.839. The Bertz CT molecular complexity index is 291. The number of hydrogen-bond acceptors (Lipinski definition) is 3. The Labute approximate surface area is 94.5 Å². The van der Waals surface area contributed by atoms with E-state index in [0.717, 1.165) is 34.6 Å². The zero-order valence-corrected chi connectivity index (χ0v) is 10.1. The van der Waals surface area contributed by atoms with Crippen molar-refractivity contribution in [2.45, 2.75) is 19.6 Å². The summed E-state index contributed by atoms with van der Waals surface area (Å²) in [5, 5.41) is 3.93. The third-order valence-corrected chi connectivity index (χ3v) is 2.95. The second kappa shape index (κ2) is 6.14. The SMILES string of the molecule is CCNc1ccc(Cl)c(CSCC)n1. The fourth-order valence-electron chi connectivity index (χ4n) is 1.06. The monoisotopic (exact) mass is 230 g/mol. The molecule has 0 aromatic carbocycles. The minimum absolute atomic E-state index is 0.757. The van der Waals surface area contributed by atoms with Crippen molar-refractivity contribution in [3.8, 4) is 0 Å². The average Bonchev–Trinajstić information content (AvgIpc) is 2.19. The summed E-state index contributed by atoms with van der Waals surface area (Å²) in [5.74, 6) is 2.88. The molecule has 0 radical (unpaired) electrons. The molecule has 1 rings (SSSR count). The normalized spacial score (nSPS) is 10.2. The van der Waals surface area contributed by atoms with Gasteiger partial charge >= 0.3 is 0 Å². The Kier molecular flexibility index (Phi) is 5.12. The first-order chi connectivity index (χ1) is 6.77. The zero-order valence-electron chi connectivity index (χ0n) is 8.51. The van der Waals surface area contributed by atoms with Gasteiger partial charge in [-0.25, -0.2) is 4.98 Å². The maximum atomic E-state index is 6.03. The molecule has 4 heteroatoms. The first-order valence-electron chi connectivity index (χ1n) is 4.75. The molecule has 1 aromatic rings. The van der Waals surface area contributed by atoms with Crippen molar-refractivity contribution >= 4 is 29.2 Å². The summed E-state index contributed by atoms with van der Waals surface area (Å²) < 4.78 is 0. The third kappa shape index (κ3) is 3.39. The Hall–Kier alpha value is -0.410. The van der Waals surface area contributed by atoms with E-state index in [1.165, 1.54) is 0 Å². The van der Waals surface area contributed by atoms with Gasteiger partial charge in [0.1, 0.15) is 5.82 Å². The number of halogens is 1. The smallest absolute Gasteiger partial charge is 0.126 e. The van der Waals surface area contributed by atoms with Crippen molar-refractivity contribution in [1.82, 2.24) is 4.98 Å². The molecular formula is C10H15ClN2S. The van der Waals surface area contributed by atoms with E-state index in [-0.39, 0.29) is 0 Å². The van der Waals surface area contributed by atoms with Gasteiger partial charge in [-0.3, -0.25) is 0 Å². The van der Waals surface area contributed by atoms with Gasteiger partial charge in [0.05, 0.1) is 10.7 Å². The number of hydrogen-bond donors (Lipinski definition) is 1. The van der Waals surface area contributed by atoms with Crippen molar-refractivity contribution in [1.29, 1.82) is 0 Å².